The number of aryl methyl sites for hydroxylation is 2. The Morgan fingerprint density at radius 3 is 1.30 bits per heavy atom. The molecule has 0 unspecified atom stereocenters. The SMILES string of the molecule is Cc1ccccc1S(=O)(=O)NC(=O)Nc1cccc(C(=O)OCCCCOC(=O)c2cccc(NC(=O)NS(=O)(=O)c3ccccc3C)c2)c1. The lowest BCUT2D eigenvalue weighted by atomic mass is 10.2. The average molecular weight is 723 g/mol. The average Bonchev–Trinajstić information content (AvgIpc) is 3.06. The predicted octanol–water partition coefficient (Wildman–Crippen LogP) is 5.12. The van der Waals surface area contributed by atoms with Gasteiger partial charge in [-0.05, 0) is 86.3 Å². The number of amides is 4. The van der Waals surface area contributed by atoms with Crippen molar-refractivity contribution in [1.29, 1.82) is 0 Å². The maximum atomic E-state index is 12.6. The zero-order chi connectivity index (χ0) is 36.3. The summed E-state index contributed by atoms with van der Waals surface area (Å²) >= 11 is 0. The van der Waals surface area contributed by atoms with Crippen LogP contribution in [-0.4, -0.2) is 54.1 Å². The summed E-state index contributed by atoms with van der Waals surface area (Å²) in [5, 5.41) is 4.77. The van der Waals surface area contributed by atoms with Crippen LogP contribution in [0.3, 0.4) is 0 Å². The van der Waals surface area contributed by atoms with E-state index in [4.69, 9.17) is 9.47 Å². The number of urea groups is 2. The van der Waals surface area contributed by atoms with Gasteiger partial charge in [0.05, 0.1) is 34.1 Å². The van der Waals surface area contributed by atoms with Gasteiger partial charge in [-0.3, -0.25) is 0 Å². The Labute approximate surface area is 289 Å². The second kappa shape index (κ2) is 16.6. The van der Waals surface area contributed by atoms with Gasteiger partial charge in [-0.25, -0.2) is 45.5 Å². The molecule has 0 bridgehead atoms. The number of carbonyl (C=O) groups is 4. The minimum Gasteiger partial charge on any atom is -0.462 e. The summed E-state index contributed by atoms with van der Waals surface area (Å²) in [6.07, 6.45) is 0.709. The highest BCUT2D eigenvalue weighted by Gasteiger charge is 2.21. The number of sulfonamides is 2. The maximum Gasteiger partial charge on any atom is 0.338 e. The third-order valence-electron chi connectivity index (χ3n) is 6.94. The van der Waals surface area contributed by atoms with Gasteiger partial charge in [0.25, 0.3) is 20.0 Å². The Morgan fingerprint density at radius 1 is 0.540 bits per heavy atom. The van der Waals surface area contributed by atoms with Gasteiger partial charge in [-0.1, -0.05) is 48.5 Å². The van der Waals surface area contributed by atoms with Crippen LogP contribution in [0.2, 0.25) is 0 Å². The number of carbonyl (C=O) groups excluding carboxylic acids is 4. The predicted molar refractivity (Wildman–Crippen MR) is 184 cm³/mol. The summed E-state index contributed by atoms with van der Waals surface area (Å²) in [5.74, 6) is -1.36. The van der Waals surface area contributed by atoms with Crippen molar-refractivity contribution in [2.45, 2.75) is 36.5 Å². The van der Waals surface area contributed by atoms with Crippen LogP contribution in [0.25, 0.3) is 0 Å². The van der Waals surface area contributed by atoms with E-state index in [0.717, 1.165) is 0 Å². The minimum atomic E-state index is -4.12. The second-order valence-corrected chi connectivity index (χ2v) is 14.1. The number of esters is 2. The van der Waals surface area contributed by atoms with Crippen molar-refractivity contribution in [1.82, 2.24) is 9.44 Å². The van der Waals surface area contributed by atoms with Crippen LogP contribution < -0.4 is 20.1 Å². The highest BCUT2D eigenvalue weighted by atomic mass is 32.2. The van der Waals surface area contributed by atoms with Crippen molar-refractivity contribution in [2.24, 2.45) is 0 Å². The topological polar surface area (TPSA) is 203 Å². The number of ether oxygens (including phenoxy) is 2. The molecule has 0 radical (unpaired) electrons. The molecule has 0 atom stereocenters. The molecule has 262 valence electrons. The van der Waals surface area contributed by atoms with Crippen molar-refractivity contribution < 1.29 is 45.5 Å². The van der Waals surface area contributed by atoms with E-state index in [9.17, 15) is 36.0 Å². The minimum absolute atomic E-state index is 0.00310. The molecular formula is C34H34N4O10S2. The van der Waals surface area contributed by atoms with Gasteiger partial charge in [0.15, 0.2) is 0 Å². The molecule has 0 aliphatic rings. The summed E-state index contributed by atoms with van der Waals surface area (Å²) in [4.78, 5) is 49.7. The Balaban J connectivity index is 1.18. The van der Waals surface area contributed by atoms with E-state index in [2.05, 4.69) is 10.6 Å². The summed E-state index contributed by atoms with van der Waals surface area (Å²) in [5.41, 5.74) is 1.49. The first kappa shape index (κ1) is 37.1. The molecule has 0 saturated carbocycles. The number of unbranched alkanes of at least 4 members (excludes halogenated alkanes) is 1. The van der Waals surface area contributed by atoms with Gasteiger partial charge < -0.3 is 20.1 Å². The van der Waals surface area contributed by atoms with Crippen LogP contribution in [0.4, 0.5) is 21.0 Å². The van der Waals surface area contributed by atoms with Crippen LogP contribution in [-0.2, 0) is 29.5 Å². The van der Waals surface area contributed by atoms with Gasteiger partial charge in [0, 0.05) is 11.4 Å². The lowest BCUT2D eigenvalue weighted by molar-refractivity contribution is 0.0432. The number of hydrogen-bond acceptors (Lipinski definition) is 10. The number of nitrogens with one attached hydrogen (secondary N) is 4. The number of benzene rings is 4. The van der Waals surface area contributed by atoms with Gasteiger partial charge >= 0.3 is 24.0 Å². The van der Waals surface area contributed by atoms with Crippen molar-refractivity contribution in [2.75, 3.05) is 23.8 Å². The molecule has 0 aliphatic carbocycles. The number of rotatable bonds is 13. The van der Waals surface area contributed by atoms with E-state index in [0.29, 0.717) is 24.0 Å². The first-order chi connectivity index (χ1) is 23.7. The fraction of sp³-hybridized carbons (Fsp3) is 0.176. The lowest BCUT2D eigenvalue weighted by Gasteiger charge is -2.11. The molecule has 4 aromatic carbocycles. The first-order valence-electron chi connectivity index (χ1n) is 15.1. The highest BCUT2D eigenvalue weighted by Crippen LogP contribution is 2.17. The van der Waals surface area contributed by atoms with Crippen LogP contribution >= 0.6 is 0 Å². The summed E-state index contributed by atoms with van der Waals surface area (Å²) in [6.45, 7) is 3.21. The fourth-order valence-corrected chi connectivity index (χ4v) is 6.84. The normalized spacial score (nSPS) is 11.2. The number of anilines is 2. The summed E-state index contributed by atoms with van der Waals surface area (Å²) in [7, 11) is -8.24. The van der Waals surface area contributed by atoms with Crippen LogP contribution in [0.1, 0.15) is 44.7 Å². The monoisotopic (exact) mass is 722 g/mol. The molecule has 4 rings (SSSR count). The van der Waals surface area contributed by atoms with E-state index < -0.39 is 44.0 Å². The van der Waals surface area contributed by atoms with E-state index >= 15 is 0 Å². The number of hydrogen-bond donors (Lipinski definition) is 4. The molecule has 0 aromatic heterocycles. The van der Waals surface area contributed by atoms with Gasteiger partial charge in [0.1, 0.15) is 0 Å². The van der Waals surface area contributed by atoms with E-state index in [1.54, 1.807) is 50.2 Å². The summed E-state index contributed by atoms with van der Waals surface area (Å²) < 4.78 is 64.6. The standard InChI is InChI=1S/C34H34N4O10S2/c1-23-11-3-5-17-29(23)49(43,44)37-33(41)35-27-15-9-13-25(21-27)31(39)47-19-7-8-20-48-32(40)26-14-10-16-28(22-26)36-34(42)38-50(45,46)30-18-6-4-12-24(30)2/h3-6,9-18,21-22H,7-8,19-20H2,1-2H3,(H2,35,37,41)(H2,36,38,42). The van der Waals surface area contributed by atoms with Gasteiger partial charge in [0.2, 0.25) is 0 Å². The van der Waals surface area contributed by atoms with E-state index in [1.165, 1.54) is 60.7 Å². The van der Waals surface area contributed by atoms with Gasteiger partial charge in [-0.2, -0.15) is 0 Å². The second-order valence-electron chi connectivity index (χ2n) is 10.8. The highest BCUT2D eigenvalue weighted by molar-refractivity contribution is 7.90. The molecule has 16 heteroatoms. The molecule has 4 aromatic rings. The maximum absolute atomic E-state index is 12.6. The molecule has 4 amide bonds. The van der Waals surface area contributed by atoms with Crippen molar-refractivity contribution >= 4 is 55.4 Å². The van der Waals surface area contributed by atoms with Crippen LogP contribution in [0.5, 0.6) is 0 Å². The molecule has 0 spiro atoms. The Kier molecular flexibility index (Phi) is 12.3. The van der Waals surface area contributed by atoms with Gasteiger partial charge in [-0.15, -0.1) is 0 Å². The van der Waals surface area contributed by atoms with Crippen LogP contribution in [0, 0.1) is 13.8 Å². The molecular weight excluding hydrogens is 689 g/mol. The van der Waals surface area contributed by atoms with E-state index in [-0.39, 0.29) is 45.5 Å². The van der Waals surface area contributed by atoms with Crippen molar-refractivity contribution in [3.05, 3.63) is 119 Å². The largest absolute Gasteiger partial charge is 0.462 e. The zero-order valence-corrected chi connectivity index (χ0v) is 28.6. The van der Waals surface area contributed by atoms with E-state index in [1.807, 2.05) is 9.44 Å². The molecule has 0 saturated heterocycles. The van der Waals surface area contributed by atoms with Crippen molar-refractivity contribution in [3.63, 3.8) is 0 Å². The lowest BCUT2D eigenvalue weighted by Crippen LogP contribution is -2.34. The first-order valence-corrected chi connectivity index (χ1v) is 18.0. The molecule has 50 heavy (non-hydrogen) atoms. The quantitative estimate of drug-likeness (QED) is 0.106. The Hall–Kier alpha value is -5.74. The zero-order valence-electron chi connectivity index (χ0n) is 27.0. The molecule has 0 heterocycles. The third-order valence-corrected chi connectivity index (χ3v) is 9.92. The Morgan fingerprint density at radius 2 is 0.920 bits per heavy atom. The van der Waals surface area contributed by atoms with Crippen molar-refractivity contribution in [3.8, 4) is 0 Å². The van der Waals surface area contributed by atoms with Crippen LogP contribution in [0.15, 0.2) is 107 Å². The third kappa shape index (κ3) is 10.4. The molecule has 0 fully saturated rings. The molecule has 14 nitrogen and oxygen atoms in total. The summed E-state index contributed by atoms with van der Waals surface area (Å²) in [6, 6.07) is 21.9. The molecule has 4 N–H and O–H groups in total. The fourth-order valence-electron chi connectivity index (χ4n) is 4.53. The molecule has 0 aliphatic heterocycles. The smallest absolute Gasteiger partial charge is 0.338 e. The Bertz CT molecular complexity index is 1970.